The van der Waals surface area contributed by atoms with Crippen LogP contribution in [0.1, 0.15) is 27.7 Å². The van der Waals surface area contributed by atoms with Crippen molar-refractivity contribution < 1.29 is 35.9 Å². The van der Waals surface area contributed by atoms with Gasteiger partial charge in [0.2, 0.25) is 11.7 Å². The highest BCUT2D eigenvalue weighted by molar-refractivity contribution is 7.91. The number of thiophene rings is 1. The van der Waals surface area contributed by atoms with Crippen LogP contribution in [0.15, 0.2) is 83.8 Å². The average molecular weight is 608 g/mol. The minimum atomic E-state index is -5.00. The largest absolute Gasteiger partial charge is 0.573 e. The molecule has 0 aliphatic carbocycles. The molecule has 0 bridgehead atoms. The van der Waals surface area contributed by atoms with Crippen molar-refractivity contribution in [2.24, 2.45) is 0 Å². The molecule has 12 heteroatoms. The fourth-order valence-corrected chi connectivity index (χ4v) is 5.96. The van der Waals surface area contributed by atoms with Crippen LogP contribution in [0.2, 0.25) is 5.02 Å². The summed E-state index contributed by atoms with van der Waals surface area (Å²) in [7, 11) is -3.38. The van der Waals surface area contributed by atoms with E-state index in [1.807, 2.05) is 0 Å². The van der Waals surface area contributed by atoms with Crippen molar-refractivity contribution in [3.63, 3.8) is 0 Å². The predicted molar refractivity (Wildman–Crippen MR) is 148 cm³/mol. The Hall–Kier alpha value is -3.67. The van der Waals surface area contributed by atoms with Crippen LogP contribution in [0, 0.1) is 0 Å². The van der Waals surface area contributed by atoms with Crippen LogP contribution in [-0.2, 0) is 21.1 Å². The molecule has 0 unspecified atom stereocenters. The van der Waals surface area contributed by atoms with Crippen molar-refractivity contribution in [2.75, 3.05) is 11.1 Å². The number of sulfone groups is 1. The quantitative estimate of drug-likeness (QED) is 0.204. The first-order valence-corrected chi connectivity index (χ1v) is 14.6. The van der Waals surface area contributed by atoms with Gasteiger partial charge in [0.25, 0.3) is 0 Å². The first kappa shape index (κ1) is 29.3. The predicted octanol–water partition coefficient (Wildman–Crippen LogP) is 7.17. The zero-order chi connectivity index (χ0) is 29.1. The molecule has 1 heterocycles. The van der Waals surface area contributed by atoms with Crippen molar-refractivity contribution >= 4 is 49.5 Å². The maximum Gasteiger partial charge on any atom is 0.573 e. The lowest BCUT2D eigenvalue weighted by molar-refractivity contribution is -0.274. The Morgan fingerprint density at radius 1 is 0.975 bits per heavy atom. The van der Waals surface area contributed by atoms with Crippen LogP contribution in [-0.4, -0.2) is 32.2 Å². The summed E-state index contributed by atoms with van der Waals surface area (Å²) in [5.74, 6) is -1.86. The zero-order valence-corrected chi connectivity index (χ0v) is 23.2. The van der Waals surface area contributed by atoms with Crippen LogP contribution in [0.5, 0.6) is 5.75 Å². The van der Waals surface area contributed by atoms with E-state index in [-0.39, 0.29) is 32.5 Å². The van der Waals surface area contributed by atoms with Crippen molar-refractivity contribution in [1.29, 1.82) is 0 Å². The van der Waals surface area contributed by atoms with Crippen LogP contribution >= 0.6 is 22.9 Å². The summed E-state index contributed by atoms with van der Waals surface area (Å²) in [5.41, 5.74) is 1.15. The van der Waals surface area contributed by atoms with E-state index in [9.17, 15) is 31.2 Å². The third-order valence-corrected chi connectivity index (χ3v) is 8.76. The molecule has 1 aromatic heterocycles. The molecular weight excluding hydrogens is 587 g/mol. The summed E-state index contributed by atoms with van der Waals surface area (Å²) < 4.78 is 67.0. The Labute approximate surface area is 237 Å². The number of hydrogen-bond donors (Lipinski definition) is 1. The van der Waals surface area contributed by atoms with Crippen LogP contribution in [0.25, 0.3) is 11.1 Å². The van der Waals surface area contributed by atoms with E-state index < -0.39 is 33.6 Å². The van der Waals surface area contributed by atoms with Crippen LogP contribution < -0.4 is 10.1 Å². The molecule has 40 heavy (non-hydrogen) atoms. The number of anilines is 1. The number of ether oxygens (including phenoxy) is 1. The van der Waals surface area contributed by atoms with E-state index in [1.54, 1.807) is 42.5 Å². The molecule has 6 nitrogen and oxygen atoms in total. The topological polar surface area (TPSA) is 89.5 Å². The highest BCUT2D eigenvalue weighted by Gasteiger charge is 2.33. The maximum absolute atomic E-state index is 13.5. The summed E-state index contributed by atoms with van der Waals surface area (Å²) in [4.78, 5) is 26.6. The fraction of sp³-hybridized carbons (Fsp3) is 0.143. The molecule has 3 aromatic carbocycles. The van der Waals surface area contributed by atoms with Crippen molar-refractivity contribution in [2.45, 2.75) is 24.6 Å². The van der Waals surface area contributed by atoms with E-state index >= 15 is 0 Å². The van der Waals surface area contributed by atoms with E-state index in [0.717, 1.165) is 17.4 Å². The molecule has 0 saturated heterocycles. The number of benzene rings is 3. The van der Waals surface area contributed by atoms with E-state index in [0.29, 0.717) is 21.7 Å². The average Bonchev–Trinajstić information content (AvgIpc) is 3.31. The van der Waals surface area contributed by atoms with E-state index in [2.05, 4.69) is 10.1 Å². The number of carbonyl (C=O) groups is 2. The van der Waals surface area contributed by atoms with Gasteiger partial charge in [-0.15, -0.1) is 24.5 Å². The van der Waals surface area contributed by atoms with Gasteiger partial charge in [0, 0.05) is 10.6 Å². The lowest BCUT2D eigenvalue weighted by Crippen LogP contribution is -2.19. The molecule has 0 spiro atoms. The highest BCUT2D eigenvalue weighted by Crippen LogP contribution is 2.39. The van der Waals surface area contributed by atoms with E-state index in [1.165, 1.54) is 37.3 Å². The van der Waals surface area contributed by atoms with Gasteiger partial charge in [0.05, 0.1) is 32.5 Å². The smallest absolute Gasteiger partial charge is 0.405 e. The number of carbonyl (C=O) groups excluding carboxylic acids is 2. The molecule has 208 valence electrons. The first-order valence-electron chi connectivity index (χ1n) is 11.8. The molecular formula is C28H21ClF3NO5S2. The second-order valence-electron chi connectivity index (χ2n) is 8.51. The maximum atomic E-state index is 13.5. The fourth-order valence-electron chi connectivity index (χ4n) is 3.83. The van der Waals surface area contributed by atoms with Crippen molar-refractivity contribution in [1.82, 2.24) is 0 Å². The Morgan fingerprint density at radius 2 is 1.68 bits per heavy atom. The molecule has 1 amide bonds. The Kier molecular flexibility index (Phi) is 8.67. The summed E-state index contributed by atoms with van der Waals surface area (Å²) >= 11 is 7.03. The number of halogens is 4. The summed E-state index contributed by atoms with van der Waals surface area (Å²) in [5, 5.41) is 3.37. The summed E-state index contributed by atoms with van der Waals surface area (Å²) in [6, 6.07) is 19.1. The lowest BCUT2D eigenvalue weighted by Gasteiger charge is -2.12. The number of hydrogen-bond acceptors (Lipinski definition) is 6. The van der Waals surface area contributed by atoms with Gasteiger partial charge in [-0.3, -0.25) is 9.59 Å². The minimum absolute atomic E-state index is 0.0476. The van der Waals surface area contributed by atoms with Crippen LogP contribution in [0.4, 0.5) is 18.2 Å². The molecule has 0 fully saturated rings. The number of rotatable bonds is 9. The molecule has 4 aromatic rings. The summed E-state index contributed by atoms with van der Waals surface area (Å²) in [6.45, 7) is 1.54. The normalized spacial score (nSPS) is 11.7. The second-order valence-corrected chi connectivity index (χ2v) is 12.3. The van der Waals surface area contributed by atoms with Crippen LogP contribution in [0.3, 0.4) is 0 Å². The first-order chi connectivity index (χ1) is 18.9. The lowest BCUT2D eigenvalue weighted by atomic mass is 10.0. The van der Waals surface area contributed by atoms with Crippen molar-refractivity contribution in [3.05, 3.63) is 99.9 Å². The third kappa shape index (κ3) is 7.09. The van der Waals surface area contributed by atoms with Gasteiger partial charge < -0.3 is 10.1 Å². The van der Waals surface area contributed by atoms with Gasteiger partial charge >= 0.3 is 6.36 Å². The van der Waals surface area contributed by atoms with Gasteiger partial charge in [-0.25, -0.2) is 8.42 Å². The van der Waals surface area contributed by atoms with Gasteiger partial charge in [0.15, 0.2) is 9.84 Å². The Bertz CT molecular complexity index is 1670. The molecule has 4 rings (SSSR count). The van der Waals surface area contributed by atoms with Gasteiger partial charge in [0.1, 0.15) is 5.75 Å². The molecule has 0 saturated carbocycles. The number of ketones is 1. The molecule has 0 atom stereocenters. The van der Waals surface area contributed by atoms with Gasteiger partial charge in [-0.1, -0.05) is 54.9 Å². The van der Waals surface area contributed by atoms with Gasteiger partial charge in [-0.05, 0) is 53.6 Å². The monoisotopic (exact) mass is 607 g/mol. The van der Waals surface area contributed by atoms with Gasteiger partial charge in [-0.2, -0.15) is 0 Å². The molecule has 0 radical (unpaired) electrons. The van der Waals surface area contributed by atoms with Crippen molar-refractivity contribution in [3.8, 4) is 16.9 Å². The number of amides is 1. The number of alkyl halides is 3. The zero-order valence-electron chi connectivity index (χ0n) is 20.8. The molecule has 0 aliphatic rings. The standard InChI is InChI=1S/C28H21ClF3NO5S2/c1-2-40(36,37)20-12-10-17(11-13-20)14-24(34)33-25-16-22(18-6-5-7-19(29)15-18)27(39-25)26(35)21-8-3-4-9-23(21)38-28(30,31)32/h3-13,15-16H,2,14H2,1H3,(H,33,34). The highest BCUT2D eigenvalue weighted by atomic mass is 35.5. The Morgan fingerprint density at radius 3 is 2.33 bits per heavy atom. The molecule has 1 N–H and O–H groups in total. The SMILES string of the molecule is CCS(=O)(=O)c1ccc(CC(=O)Nc2cc(-c3cccc(Cl)c3)c(C(=O)c3ccccc3OC(F)(F)F)s2)cc1. The third-order valence-electron chi connectivity index (χ3n) is 5.72. The molecule has 0 aliphatic heterocycles. The Balaban J connectivity index is 1.65. The minimum Gasteiger partial charge on any atom is -0.405 e. The van der Waals surface area contributed by atoms with E-state index in [4.69, 9.17) is 11.6 Å². The summed E-state index contributed by atoms with van der Waals surface area (Å²) in [6.07, 6.45) is -5.08. The second kappa shape index (κ2) is 11.8. The number of nitrogens with one attached hydrogen (secondary N) is 1. The number of para-hydroxylation sites is 1.